The van der Waals surface area contributed by atoms with E-state index in [1.165, 1.54) is 0 Å². The van der Waals surface area contributed by atoms with E-state index in [2.05, 4.69) is 39.5 Å². The number of aliphatic hydroxyl groups is 2. The molecule has 5 aliphatic carbocycles. The highest BCUT2D eigenvalue weighted by Crippen LogP contribution is 2.74. The average Bonchev–Trinajstić information content (AvgIpc) is 2.80. The Kier molecular flexibility index (Phi) is 5.10. The molecule has 0 aromatic heterocycles. The summed E-state index contributed by atoms with van der Waals surface area (Å²) in [5.41, 5.74) is -2.52. The number of hydrogen-bond donors (Lipinski definition) is 2. The molecule has 0 spiro atoms. The Balaban J connectivity index is 1.73. The van der Waals surface area contributed by atoms with Gasteiger partial charge in [-0.2, -0.15) is 0 Å². The van der Waals surface area contributed by atoms with E-state index in [0.29, 0.717) is 6.42 Å². The van der Waals surface area contributed by atoms with Crippen LogP contribution in [-0.4, -0.2) is 34.0 Å². The van der Waals surface area contributed by atoms with E-state index in [1.807, 2.05) is 13.0 Å². The van der Waals surface area contributed by atoms with Gasteiger partial charge >= 0.3 is 0 Å². The molecular weight excluding hydrogens is 438 g/mol. The van der Waals surface area contributed by atoms with Gasteiger partial charge in [-0.25, -0.2) is 4.85 Å². The van der Waals surface area contributed by atoms with Crippen LogP contribution in [0.2, 0.25) is 0 Å². The summed E-state index contributed by atoms with van der Waals surface area (Å²) in [5, 5.41) is 23.3. The van der Waals surface area contributed by atoms with Crippen molar-refractivity contribution >= 4 is 11.6 Å². The first-order chi connectivity index (χ1) is 16.2. The van der Waals surface area contributed by atoms with Gasteiger partial charge in [-0.05, 0) is 73.2 Å². The summed E-state index contributed by atoms with van der Waals surface area (Å²) >= 11 is 0. The predicted molar refractivity (Wildman–Crippen MR) is 134 cm³/mol. The molecule has 0 aliphatic heterocycles. The first-order valence-corrected chi connectivity index (χ1v) is 13.4. The molecule has 5 nitrogen and oxygen atoms in total. The number of carbonyl (C=O) groups is 2. The second-order valence-corrected chi connectivity index (χ2v) is 14.0. The van der Waals surface area contributed by atoms with Crippen molar-refractivity contribution in [1.29, 1.82) is 0 Å². The Bertz CT molecular complexity index is 1110. The van der Waals surface area contributed by atoms with E-state index >= 15 is 0 Å². The number of ketones is 2. The Labute approximate surface area is 209 Å². The van der Waals surface area contributed by atoms with Crippen LogP contribution in [0.4, 0.5) is 0 Å². The maximum absolute atomic E-state index is 14.2. The third kappa shape index (κ3) is 2.76. The van der Waals surface area contributed by atoms with Crippen LogP contribution in [0.25, 0.3) is 4.85 Å². The van der Waals surface area contributed by atoms with E-state index in [-0.39, 0.29) is 47.0 Å². The van der Waals surface area contributed by atoms with Gasteiger partial charge in [0, 0.05) is 29.3 Å². The normalized spacial score (nSPS) is 50.5. The molecule has 0 aromatic carbocycles. The van der Waals surface area contributed by atoms with Crippen molar-refractivity contribution in [3.05, 3.63) is 34.8 Å². The van der Waals surface area contributed by atoms with Crippen LogP contribution in [-0.2, 0) is 9.59 Å². The molecule has 0 radical (unpaired) electrons. The van der Waals surface area contributed by atoms with Crippen molar-refractivity contribution in [2.45, 2.75) is 92.1 Å². The SMILES string of the molecule is [C-]#[N+]C1=C[C@]2(C)C3=CC(=O)[C@]4(O)[C@@H]5CC(C)(C)CC[C@]5(CO)CC[C@@]4(C)[C@]3(C)CC[C@H]2[C@H](C)C1=O. The van der Waals surface area contributed by atoms with Crippen LogP contribution >= 0.6 is 0 Å². The van der Waals surface area contributed by atoms with Crippen LogP contribution in [0.15, 0.2) is 23.4 Å². The molecule has 0 heterocycles. The molecule has 3 fully saturated rings. The van der Waals surface area contributed by atoms with Gasteiger partial charge in [0.25, 0.3) is 0 Å². The fraction of sp³-hybridized carbons (Fsp3) is 0.767. The van der Waals surface area contributed by atoms with E-state index in [9.17, 15) is 19.8 Å². The maximum atomic E-state index is 14.2. The predicted octanol–water partition coefficient (Wildman–Crippen LogP) is 5.28. The number of allylic oxidation sites excluding steroid dienone is 3. The lowest BCUT2D eigenvalue weighted by Gasteiger charge is -2.71. The van der Waals surface area contributed by atoms with Crippen LogP contribution in [0.1, 0.15) is 86.5 Å². The minimum absolute atomic E-state index is 0.00142. The van der Waals surface area contributed by atoms with Gasteiger partial charge in [0.15, 0.2) is 11.6 Å². The highest BCUT2D eigenvalue weighted by molar-refractivity contribution is 6.02. The number of carbonyl (C=O) groups excluding carboxylic acids is 2. The largest absolute Gasteiger partial charge is 0.396 e. The van der Waals surface area contributed by atoms with Gasteiger partial charge in [-0.1, -0.05) is 53.2 Å². The number of rotatable bonds is 1. The molecule has 8 atom stereocenters. The minimum Gasteiger partial charge on any atom is -0.396 e. The highest BCUT2D eigenvalue weighted by Gasteiger charge is 2.75. The molecule has 35 heavy (non-hydrogen) atoms. The van der Waals surface area contributed by atoms with E-state index < -0.39 is 27.3 Å². The lowest BCUT2D eigenvalue weighted by Crippen LogP contribution is -2.74. The van der Waals surface area contributed by atoms with E-state index in [4.69, 9.17) is 6.57 Å². The fourth-order valence-corrected chi connectivity index (χ4v) is 9.62. The third-order valence-corrected chi connectivity index (χ3v) is 12.2. The molecule has 0 unspecified atom stereocenters. The van der Waals surface area contributed by atoms with Crippen molar-refractivity contribution in [2.24, 2.45) is 44.8 Å². The monoisotopic (exact) mass is 479 g/mol. The summed E-state index contributed by atoms with van der Waals surface area (Å²) in [4.78, 5) is 30.7. The Morgan fingerprint density at radius 2 is 1.71 bits per heavy atom. The maximum Gasteiger partial charge on any atom is 0.226 e. The van der Waals surface area contributed by atoms with Crippen molar-refractivity contribution in [2.75, 3.05) is 6.61 Å². The smallest absolute Gasteiger partial charge is 0.226 e. The minimum atomic E-state index is -1.55. The quantitative estimate of drug-likeness (QED) is 0.502. The molecule has 5 rings (SSSR count). The van der Waals surface area contributed by atoms with Crippen LogP contribution in [0.5, 0.6) is 0 Å². The molecule has 190 valence electrons. The van der Waals surface area contributed by atoms with Gasteiger partial charge in [0.05, 0.1) is 6.57 Å². The Morgan fingerprint density at radius 3 is 2.34 bits per heavy atom. The molecule has 2 N–H and O–H groups in total. The third-order valence-electron chi connectivity index (χ3n) is 12.2. The van der Waals surface area contributed by atoms with Gasteiger partial charge in [0.2, 0.25) is 5.70 Å². The van der Waals surface area contributed by atoms with E-state index in [0.717, 1.165) is 44.1 Å². The molecule has 5 heteroatoms. The molecule has 0 aromatic rings. The standard InChI is InChI=1S/C30H41NO4/c1-18-19-8-9-27(5)21(26(19,4)15-20(31-7)24(18)34)14-23(33)30(35)22-16-25(2,3)10-12-29(22,17-32)13-11-28(27,30)6/h14-15,18-19,22,32,35H,8-13,16-17H2,1-6H3/t18-,19-,22+,26-,27+,28-,29+,30+/m0/s1. The lowest BCUT2D eigenvalue weighted by atomic mass is 9.33. The molecule has 0 saturated heterocycles. The summed E-state index contributed by atoms with van der Waals surface area (Å²) in [6, 6.07) is 0. The van der Waals surface area contributed by atoms with Gasteiger partial charge in [-0.3, -0.25) is 4.79 Å². The average molecular weight is 480 g/mol. The number of hydrogen-bond acceptors (Lipinski definition) is 4. The number of nitrogens with zero attached hydrogens (tertiary/aromatic N) is 1. The number of aliphatic hydroxyl groups excluding tert-OH is 1. The Hall–Kier alpha value is -1.77. The summed E-state index contributed by atoms with van der Waals surface area (Å²) in [7, 11) is 0. The zero-order valence-corrected chi connectivity index (χ0v) is 22.2. The molecule has 3 saturated carbocycles. The number of Topliss-reactive ketones (excluding diaryl/α,β-unsaturated/α-hetero) is 1. The van der Waals surface area contributed by atoms with Crippen molar-refractivity contribution in [3.8, 4) is 0 Å². The first kappa shape index (κ1) is 24.9. The number of fused-ring (bicyclic) bond motifs is 7. The highest BCUT2D eigenvalue weighted by atomic mass is 16.3. The van der Waals surface area contributed by atoms with Gasteiger partial charge < -0.3 is 15.0 Å². The fourth-order valence-electron chi connectivity index (χ4n) is 9.62. The lowest BCUT2D eigenvalue weighted by molar-refractivity contribution is -0.250. The first-order valence-electron chi connectivity index (χ1n) is 13.4. The molecule has 5 aliphatic rings. The summed E-state index contributed by atoms with van der Waals surface area (Å²) < 4.78 is 0. The summed E-state index contributed by atoms with van der Waals surface area (Å²) in [6.07, 6.45) is 9.18. The zero-order chi connectivity index (χ0) is 25.8. The molecular formula is C30H41NO4. The van der Waals surface area contributed by atoms with Gasteiger partial charge in [-0.15, -0.1) is 0 Å². The summed E-state index contributed by atoms with van der Waals surface area (Å²) in [6.45, 7) is 20.4. The second kappa shape index (κ2) is 7.17. The summed E-state index contributed by atoms with van der Waals surface area (Å²) in [5.74, 6) is -0.855. The molecule has 0 bridgehead atoms. The van der Waals surface area contributed by atoms with Crippen LogP contribution in [0.3, 0.4) is 0 Å². The van der Waals surface area contributed by atoms with Crippen molar-refractivity contribution < 1.29 is 19.8 Å². The topological polar surface area (TPSA) is 79.0 Å². The van der Waals surface area contributed by atoms with Crippen LogP contribution in [0, 0.1) is 51.4 Å². The van der Waals surface area contributed by atoms with Gasteiger partial charge in [0.1, 0.15) is 5.60 Å². The second-order valence-electron chi connectivity index (χ2n) is 14.0. The van der Waals surface area contributed by atoms with Crippen LogP contribution < -0.4 is 0 Å². The van der Waals surface area contributed by atoms with Crippen molar-refractivity contribution in [3.63, 3.8) is 0 Å². The Morgan fingerprint density at radius 1 is 1.06 bits per heavy atom. The van der Waals surface area contributed by atoms with E-state index in [1.54, 1.807) is 6.08 Å². The zero-order valence-electron chi connectivity index (χ0n) is 22.2. The molecule has 0 amide bonds. The van der Waals surface area contributed by atoms with Crippen molar-refractivity contribution in [1.82, 2.24) is 0 Å².